The Morgan fingerprint density at radius 3 is 3.00 bits per heavy atom. The van der Waals surface area contributed by atoms with Crippen molar-refractivity contribution in [2.45, 2.75) is 11.4 Å². The third kappa shape index (κ3) is 3.78. The summed E-state index contributed by atoms with van der Waals surface area (Å²) >= 11 is 1.52. The molecule has 1 aliphatic heterocycles. The van der Waals surface area contributed by atoms with Gasteiger partial charge in [-0.1, -0.05) is 6.07 Å². The molecule has 0 fully saturated rings. The molecule has 2 heterocycles. The Labute approximate surface area is 138 Å². The summed E-state index contributed by atoms with van der Waals surface area (Å²) in [5.41, 5.74) is 2.28. The highest BCUT2D eigenvalue weighted by Crippen LogP contribution is 2.31. The number of amides is 2. The van der Waals surface area contributed by atoms with E-state index in [1.54, 1.807) is 18.3 Å². The lowest BCUT2D eigenvalue weighted by molar-refractivity contribution is -0.113. The minimum Gasteiger partial charge on any atom is -0.348 e. The fourth-order valence-electron chi connectivity index (χ4n) is 2.02. The van der Waals surface area contributed by atoms with Gasteiger partial charge in [-0.25, -0.2) is 0 Å². The van der Waals surface area contributed by atoms with E-state index in [1.807, 2.05) is 18.2 Å². The van der Waals surface area contributed by atoms with Gasteiger partial charge in [-0.05, 0) is 29.8 Å². The highest BCUT2D eigenvalue weighted by Gasteiger charge is 2.15. The molecule has 114 valence electrons. The Morgan fingerprint density at radius 1 is 1.36 bits per heavy atom. The first kappa shape index (κ1) is 16.3. The number of halogens is 1. The van der Waals surface area contributed by atoms with Crippen molar-refractivity contribution in [1.82, 2.24) is 10.3 Å². The van der Waals surface area contributed by atoms with E-state index in [0.717, 1.165) is 16.1 Å². The third-order valence-electron chi connectivity index (χ3n) is 3.05. The van der Waals surface area contributed by atoms with Gasteiger partial charge >= 0.3 is 0 Å². The summed E-state index contributed by atoms with van der Waals surface area (Å²) < 4.78 is 0. The van der Waals surface area contributed by atoms with Crippen molar-refractivity contribution >= 4 is 41.7 Å². The second kappa shape index (κ2) is 7.29. The molecule has 0 unspecified atom stereocenters. The first-order chi connectivity index (χ1) is 10.2. The van der Waals surface area contributed by atoms with E-state index in [0.29, 0.717) is 17.9 Å². The van der Waals surface area contributed by atoms with Crippen LogP contribution in [0.3, 0.4) is 0 Å². The fraction of sp³-hybridized carbons (Fsp3) is 0.133. The molecule has 1 aromatic carbocycles. The molecule has 0 bridgehead atoms. The van der Waals surface area contributed by atoms with E-state index in [2.05, 4.69) is 15.6 Å². The largest absolute Gasteiger partial charge is 0.348 e. The van der Waals surface area contributed by atoms with Gasteiger partial charge in [0.15, 0.2) is 0 Å². The number of thioether (sulfide) groups is 1. The van der Waals surface area contributed by atoms with Gasteiger partial charge in [0.05, 0.1) is 17.0 Å². The van der Waals surface area contributed by atoms with Crippen LogP contribution < -0.4 is 10.6 Å². The van der Waals surface area contributed by atoms with Crippen LogP contribution >= 0.6 is 24.2 Å². The van der Waals surface area contributed by atoms with Crippen LogP contribution in [-0.4, -0.2) is 22.6 Å². The van der Waals surface area contributed by atoms with Gasteiger partial charge in [-0.2, -0.15) is 0 Å². The SMILES string of the molecule is Cl.O=C1CSc2ccc(CNC(=O)c3cccnc3)cc2N1. The molecule has 0 saturated carbocycles. The molecule has 2 N–H and O–H groups in total. The molecule has 3 rings (SSSR count). The normalized spacial score (nSPS) is 12.6. The monoisotopic (exact) mass is 335 g/mol. The van der Waals surface area contributed by atoms with E-state index >= 15 is 0 Å². The molecule has 0 aliphatic carbocycles. The number of benzene rings is 1. The van der Waals surface area contributed by atoms with Crippen LogP contribution in [0.1, 0.15) is 15.9 Å². The lowest BCUT2D eigenvalue weighted by Crippen LogP contribution is -2.23. The van der Waals surface area contributed by atoms with Crippen LogP contribution in [-0.2, 0) is 11.3 Å². The first-order valence-corrected chi connectivity index (χ1v) is 7.45. The average molecular weight is 336 g/mol. The van der Waals surface area contributed by atoms with E-state index in [9.17, 15) is 9.59 Å². The molecule has 22 heavy (non-hydrogen) atoms. The van der Waals surface area contributed by atoms with Gasteiger partial charge in [0.1, 0.15) is 0 Å². The number of anilines is 1. The molecular formula is C15H14ClN3O2S. The van der Waals surface area contributed by atoms with Crippen molar-refractivity contribution in [3.8, 4) is 0 Å². The standard InChI is InChI=1S/C15H13N3O2S.ClH/c19-14-9-21-13-4-3-10(6-12(13)18-14)7-17-15(20)11-2-1-5-16-8-11;/h1-6,8H,7,9H2,(H,17,20)(H,18,19);1H. The Bertz CT molecular complexity index is 694. The molecule has 0 spiro atoms. The Hall–Kier alpha value is -2.05. The number of carbonyl (C=O) groups excluding carboxylic acids is 2. The maximum Gasteiger partial charge on any atom is 0.253 e. The number of carbonyl (C=O) groups is 2. The summed E-state index contributed by atoms with van der Waals surface area (Å²) in [6.45, 7) is 0.404. The van der Waals surface area contributed by atoms with Crippen LogP contribution in [0.25, 0.3) is 0 Å². The van der Waals surface area contributed by atoms with Crippen molar-refractivity contribution in [2.75, 3.05) is 11.1 Å². The lowest BCUT2D eigenvalue weighted by atomic mass is 10.2. The van der Waals surface area contributed by atoms with Crippen LogP contribution in [0, 0.1) is 0 Å². The van der Waals surface area contributed by atoms with E-state index in [4.69, 9.17) is 0 Å². The quantitative estimate of drug-likeness (QED) is 0.904. The number of hydrogen-bond acceptors (Lipinski definition) is 4. The highest BCUT2D eigenvalue weighted by atomic mass is 35.5. The minimum atomic E-state index is -0.167. The molecule has 0 saturated heterocycles. The molecule has 5 nitrogen and oxygen atoms in total. The third-order valence-corrected chi connectivity index (χ3v) is 4.13. The molecule has 2 amide bonds. The maximum atomic E-state index is 11.9. The van der Waals surface area contributed by atoms with Gasteiger partial charge in [-0.15, -0.1) is 24.2 Å². The predicted molar refractivity (Wildman–Crippen MR) is 88.5 cm³/mol. The number of fused-ring (bicyclic) bond motifs is 1. The molecule has 1 aromatic heterocycles. The van der Waals surface area contributed by atoms with Crippen LogP contribution in [0.15, 0.2) is 47.6 Å². The van der Waals surface area contributed by atoms with E-state index < -0.39 is 0 Å². The van der Waals surface area contributed by atoms with Gasteiger partial charge < -0.3 is 10.6 Å². The van der Waals surface area contributed by atoms with Crippen molar-refractivity contribution < 1.29 is 9.59 Å². The van der Waals surface area contributed by atoms with Crippen molar-refractivity contribution in [1.29, 1.82) is 0 Å². The lowest BCUT2D eigenvalue weighted by Gasteiger charge is -2.17. The smallest absolute Gasteiger partial charge is 0.253 e. The predicted octanol–water partition coefficient (Wildman–Crippen LogP) is 2.48. The topological polar surface area (TPSA) is 71.1 Å². The van der Waals surface area contributed by atoms with Gasteiger partial charge in [-0.3, -0.25) is 14.6 Å². The summed E-state index contributed by atoms with van der Waals surface area (Å²) in [5, 5.41) is 5.67. The van der Waals surface area contributed by atoms with Crippen molar-refractivity contribution in [3.63, 3.8) is 0 Å². The number of aromatic nitrogens is 1. The van der Waals surface area contributed by atoms with E-state index in [1.165, 1.54) is 18.0 Å². The molecule has 2 aromatic rings. The molecule has 0 atom stereocenters. The Balaban J connectivity index is 0.00000176. The van der Waals surface area contributed by atoms with Crippen molar-refractivity contribution in [2.24, 2.45) is 0 Å². The number of rotatable bonds is 3. The van der Waals surface area contributed by atoms with Gasteiger partial charge in [0.2, 0.25) is 5.91 Å². The molecule has 0 radical (unpaired) electrons. The molecule has 7 heteroatoms. The average Bonchev–Trinajstić information content (AvgIpc) is 2.53. The van der Waals surface area contributed by atoms with Crippen LogP contribution in [0.5, 0.6) is 0 Å². The van der Waals surface area contributed by atoms with Gasteiger partial charge in [0, 0.05) is 23.8 Å². The number of pyridine rings is 1. The maximum absolute atomic E-state index is 11.9. The van der Waals surface area contributed by atoms with Crippen LogP contribution in [0.2, 0.25) is 0 Å². The Morgan fingerprint density at radius 2 is 2.23 bits per heavy atom. The zero-order valence-electron chi connectivity index (χ0n) is 11.5. The summed E-state index contributed by atoms with van der Waals surface area (Å²) in [6.07, 6.45) is 3.15. The summed E-state index contributed by atoms with van der Waals surface area (Å²) in [6, 6.07) is 9.24. The first-order valence-electron chi connectivity index (χ1n) is 6.46. The summed E-state index contributed by atoms with van der Waals surface area (Å²) in [5.74, 6) is 0.285. The second-order valence-corrected chi connectivity index (χ2v) is 5.61. The Kier molecular flexibility index (Phi) is 5.41. The zero-order valence-corrected chi connectivity index (χ0v) is 13.2. The summed E-state index contributed by atoms with van der Waals surface area (Å²) in [7, 11) is 0. The summed E-state index contributed by atoms with van der Waals surface area (Å²) in [4.78, 5) is 28.3. The molecular weight excluding hydrogens is 322 g/mol. The second-order valence-electron chi connectivity index (χ2n) is 4.59. The van der Waals surface area contributed by atoms with Gasteiger partial charge in [0.25, 0.3) is 5.91 Å². The number of nitrogens with zero attached hydrogens (tertiary/aromatic N) is 1. The number of hydrogen-bond donors (Lipinski definition) is 2. The fourth-order valence-corrected chi connectivity index (χ4v) is 2.81. The number of nitrogens with one attached hydrogen (secondary N) is 2. The van der Waals surface area contributed by atoms with E-state index in [-0.39, 0.29) is 24.2 Å². The molecule has 1 aliphatic rings. The van der Waals surface area contributed by atoms with Crippen LogP contribution in [0.4, 0.5) is 5.69 Å². The minimum absolute atomic E-state index is 0. The van der Waals surface area contributed by atoms with Crippen molar-refractivity contribution in [3.05, 3.63) is 53.9 Å². The zero-order chi connectivity index (χ0) is 14.7. The highest BCUT2D eigenvalue weighted by molar-refractivity contribution is 8.00.